The van der Waals surface area contributed by atoms with Crippen molar-refractivity contribution in [2.75, 3.05) is 26.7 Å². The SMILES string of the molecule is CC(C)COC=O.CCC(C)C1CCN(C)C1.CCc1cc(C)ccc1F.Cc1ccc(C#N)c(Cl)c1. The normalized spacial score (nSPS) is 15.1. The number of halogens is 2. The molecule has 0 saturated carbocycles. The quantitative estimate of drug-likeness (QED) is 0.353. The lowest BCUT2D eigenvalue weighted by atomic mass is 9.91. The van der Waals surface area contributed by atoms with Gasteiger partial charge in [0.15, 0.2) is 0 Å². The van der Waals surface area contributed by atoms with E-state index in [-0.39, 0.29) is 5.82 Å². The summed E-state index contributed by atoms with van der Waals surface area (Å²) in [6, 6.07) is 12.5. The molecule has 0 aliphatic carbocycles. The summed E-state index contributed by atoms with van der Waals surface area (Å²) < 4.78 is 17.2. The third-order valence-electron chi connectivity index (χ3n) is 6.20. The van der Waals surface area contributed by atoms with Crippen molar-refractivity contribution in [3.63, 3.8) is 0 Å². The Morgan fingerprint density at radius 2 is 1.78 bits per heavy atom. The molecule has 1 aliphatic heterocycles. The number of benzene rings is 2. The molecule has 0 N–H and O–H groups in total. The van der Waals surface area contributed by atoms with Gasteiger partial charge < -0.3 is 9.64 Å². The zero-order valence-corrected chi connectivity index (χ0v) is 24.7. The average molecular weight is 533 g/mol. The smallest absolute Gasteiger partial charge is 0.293 e. The van der Waals surface area contributed by atoms with Crippen LogP contribution in [0.25, 0.3) is 0 Å². The number of ether oxygens (including phenoxy) is 1. The Bertz CT molecular complexity index is 950. The number of aryl methyl sites for hydroxylation is 3. The van der Waals surface area contributed by atoms with Gasteiger partial charge in [-0.1, -0.05) is 76.4 Å². The van der Waals surface area contributed by atoms with E-state index in [4.69, 9.17) is 16.9 Å². The van der Waals surface area contributed by atoms with Gasteiger partial charge in [0.25, 0.3) is 6.47 Å². The molecule has 0 amide bonds. The molecule has 2 aromatic carbocycles. The van der Waals surface area contributed by atoms with Gasteiger partial charge in [0.2, 0.25) is 0 Å². The number of likely N-dealkylation sites (tertiary alicyclic amines) is 1. The van der Waals surface area contributed by atoms with E-state index in [2.05, 4.69) is 30.5 Å². The molecule has 1 fully saturated rings. The number of nitriles is 1. The third kappa shape index (κ3) is 15.4. The monoisotopic (exact) mass is 532 g/mol. The molecule has 1 saturated heterocycles. The summed E-state index contributed by atoms with van der Waals surface area (Å²) in [5.41, 5.74) is 3.54. The Labute approximate surface area is 229 Å². The van der Waals surface area contributed by atoms with Crippen molar-refractivity contribution in [2.45, 2.75) is 67.7 Å². The highest BCUT2D eigenvalue weighted by Crippen LogP contribution is 2.24. The molecule has 0 spiro atoms. The number of carbonyl (C=O) groups is 1. The van der Waals surface area contributed by atoms with Gasteiger partial charge >= 0.3 is 0 Å². The molecule has 37 heavy (non-hydrogen) atoms. The van der Waals surface area contributed by atoms with Gasteiger partial charge in [-0.25, -0.2) is 4.39 Å². The first-order valence-corrected chi connectivity index (χ1v) is 13.5. The highest BCUT2D eigenvalue weighted by atomic mass is 35.5. The van der Waals surface area contributed by atoms with Crippen LogP contribution in [0.5, 0.6) is 0 Å². The zero-order valence-electron chi connectivity index (χ0n) is 24.0. The predicted molar refractivity (Wildman–Crippen MR) is 153 cm³/mol. The molecule has 206 valence electrons. The second-order valence-corrected chi connectivity index (χ2v) is 10.5. The fourth-order valence-corrected chi connectivity index (χ4v) is 3.96. The fraction of sp³-hybridized carbons (Fsp3) is 0.548. The van der Waals surface area contributed by atoms with Crippen molar-refractivity contribution in [1.82, 2.24) is 4.90 Å². The molecule has 0 bridgehead atoms. The van der Waals surface area contributed by atoms with E-state index in [1.807, 2.05) is 52.8 Å². The van der Waals surface area contributed by atoms with Crippen LogP contribution in [0, 0.1) is 48.7 Å². The fourth-order valence-electron chi connectivity index (χ4n) is 3.68. The third-order valence-corrected chi connectivity index (χ3v) is 6.51. The molecule has 1 aliphatic rings. The van der Waals surface area contributed by atoms with Crippen molar-refractivity contribution >= 4 is 18.1 Å². The van der Waals surface area contributed by atoms with Crippen LogP contribution in [-0.2, 0) is 16.0 Å². The van der Waals surface area contributed by atoms with E-state index in [0.29, 0.717) is 29.6 Å². The van der Waals surface area contributed by atoms with Gasteiger partial charge in [-0.05, 0) is 87.4 Å². The first-order valence-electron chi connectivity index (χ1n) is 13.1. The summed E-state index contributed by atoms with van der Waals surface area (Å²) in [5, 5.41) is 9.00. The molecular formula is C31H46ClFN2O2. The number of carbonyl (C=O) groups excluding carboxylic acids is 1. The Morgan fingerprint density at radius 1 is 1.16 bits per heavy atom. The topological polar surface area (TPSA) is 53.3 Å². The summed E-state index contributed by atoms with van der Waals surface area (Å²) in [6.07, 6.45) is 3.54. The van der Waals surface area contributed by atoms with Crippen molar-refractivity contribution in [1.29, 1.82) is 5.26 Å². The van der Waals surface area contributed by atoms with Crippen LogP contribution in [0.15, 0.2) is 36.4 Å². The van der Waals surface area contributed by atoms with E-state index < -0.39 is 0 Å². The van der Waals surface area contributed by atoms with Crippen LogP contribution in [0.3, 0.4) is 0 Å². The lowest BCUT2D eigenvalue weighted by Crippen LogP contribution is -2.17. The van der Waals surface area contributed by atoms with Crippen LogP contribution in [-0.4, -0.2) is 38.1 Å². The number of hydrogen-bond donors (Lipinski definition) is 0. The van der Waals surface area contributed by atoms with E-state index in [1.54, 1.807) is 18.2 Å². The molecule has 2 unspecified atom stereocenters. The molecule has 6 heteroatoms. The van der Waals surface area contributed by atoms with Crippen molar-refractivity contribution in [3.05, 3.63) is 69.5 Å². The summed E-state index contributed by atoms with van der Waals surface area (Å²) in [5.74, 6) is 2.28. The Morgan fingerprint density at radius 3 is 2.19 bits per heavy atom. The summed E-state index contributed by atoms with van der Waals surface area (Å²) in [7, 11) is 2.22. The molecule has 1 heterocycles. The molecule has 4 nitrogen and oxygen atoms in total. The highest BCUT2D eigenvalue weighted by Gasteiger charge is 2.23. The van der Waals surface area contributed by atoms with Crippen molar-refractivity contribution in [2.24, 2.45) is 17.8 Å². The minimum atomic E-state index is -0.0897. The van der Waals surface area contributed by atoms with E-state index in [1.165, 1.54) is 32.0 Å². The van der Waals surface area contributed by atoms with Crippen LogP contribution in [0.1, 0.15) is 69.7 Å². The Balaban J connectivity index is 0.000000472. The largest absolute Gasteiger partial charge is 0.468 e. The lowest BCUT2D eigenvalue weighted by molar-refractivity contribution is -0.129. The van der Waals surface area contributed by atoms with Gasteiger partial charge in [0.05, 0.1) is 17.2 Å². The minimum absolute atomic E-state index is 0.0897. The van der Waals surface area contributed by atoms with Crippen LogP contribution >= 0.6 is 11.6 Å². The summed E-state index contributed by atoms with van der Waals surface area (Å²) in [6.45, 7) is 18.2. The Kier molecular flexibility index (Phi) is 18.4. The maximum absolute atomic E-state index is 12.8. The van der Waals surface area contributed by atoms with Crippen molar-refractivity contribution < 1.29 is 13.9 Å². The second kappa shape index (κ2) is 19.7. The minimum Gasteiger partial charge on any atom is -0.468 e. The molecule has 3 rings (SSSR count). The molecule has 0 aromatic heterocycles. The average Bonchev–Trinajstić information content (AvgIpc) is 3.31. The van der Waals surface area contributed by atoms with E-state index in [0.717, 1.165) is 34.9 Å². The molecule has 2 atom stereocenters. The van der Waals surface area contributed by atoms with Crippen LogP contribution in [0.2, 0.25) is 5.02 Å². The van der Waals surface area contributed by atoms with Gasteiger partial charge in [0, 0.05) is 6.54 Å². The lowest BCUT2D eigenvalue weighted by Gasteiger charge is -2.16. The molecule has 0 radical (unpaired) electrons. The number of rotatable bonds is 6. The maximum atomic E-state index is 12.8. The van der Waals surface area contributed by atoms with Gasteiger partial charge in [-0.2, -0.15) is 5.26 Å². The molecule has 2 aromatic rings. The van der Waals surface area contributed by atoms with E-state index in [9.17, 15) is 9.18 Å². The summed E-state index contributed by atoms with van der Waals surface area (Å²) in [4.78, 5) is 11.9. The second-order valence-electron chi connectivity index (χ2n) is 10.1. The standard InChI is InChI=1S/C9H11F.C9H19N.C8H6ClN.C5H10O2/c1-3-8-6-7(2)4-5-9(8)10;1-4-8(2)9-5-6-10(3)7-9;1-6-2-3-7(5-10)8(9)4-6;1-5(2)3-7-4-6/h4-6H,3H2,1-2H3;8-9H,4-7H2,1-3H3;2-4H,1H3;4-5H,3H2,1-2H3. The molecular weight excluding hydrogens is 487 g/mol. The Hall–Kier alpha value is -2.42. The van der Waals surface area contributed by atoms with Gasteiger partial charge in [-0.15, -0.1) is 0 Å². The summed E-state index contributed by atoms with van der Waals surface area (Å²) >= 11 is 5.71. The zero-order chi connectivity index (χ0) is 28.4. The predicted octanol–water partition coefficient (Wildman–Crippen LogP) is 8.02. The number of nitrogens with zero attached hydrogens (tertiary/aromatic N) is 2. The van der Waals surface area contributed by atoms with Crippen LogP contribution in [0.4, 0.5) is 4.39 Å². The number of hydrogen-bond acceptors (Lipinski definition) is 4. The van der Waals surface area contributed by atoms with Crippen molar-refractivity contribution in [3.8, 4) is 6.07 Å². The van der Waals surface area contributed by atoms with Gasteiger partial charge in [-0.3, -0.25) is 4.79 Å². The highest BCUT2D eigenvalue weighted by molar-refractivity contribution is 6.31. The van der Waals surface area contributed by atoms with Gasteiger partial charge in [0.1, 0.15) is 11.9 Å². The first kappa shape index (κ1) is 34.6. The van der Waals surface area contributed by atoms with E-state index >= 15 is 0 Å². The van der Waals surface area contributed by atoms with Crippen LogP contribution < -0.4 is 0 Å². The first-order chi connectivity index (χ1) is 17.5. The maximum Gasteiger partial charge on any atom is 0.293 e.